The van der Waals surface area contributed by atoms with Crippen LogP contribution in [-0.4, -0.2) is 26.4 Å². The van der Waals surface area contributed by atoms with Gasteiger partial charge in [-0.15, -0.1) is 0 Å². The van der Waals surface area contributed by atoms with Crippen molar-refractivity contribution < 1.29 is 4.74 Å². The van der Waals surface area contributed by atoms with Gasteiger partial charge < -0.3 is 9.72 Å². The molecule has 2 rings (SSSR count). The van der Waals surface area contributed by atoms with E-state index in [1.165, 1.54) is 0 Å². The Labute approximate surface area is 124 Å². The van der Waals surface area contributed by atoms with E-state index in [0.29, 0.717) is 11.2 Å². The van der Waals surface area contributed by atoms with Gasteiger partial charge in [-0.3, -0.25) is 4.68 Å². The van der Waals surface area contributed by atoms with Crippen LogP contribution in [0.3, 0.4) is 0 Å². The minimum Gasteiger partial charge on any atom is -0.368 e. The van der Waals surface area contributed by atoms with Gasteiger partial charge in [0.05, 0.1) is 11.9 Å². The zero-order chi connectivity index (χ0) is 14.8. The van der Waals surface area contributed by atoms with Gasteiger partial charge in [0.1, 0.15) is 16.1 Å². The zero-order valence-electron chi connectivity index (χ0n) is 12.3. The van der Waals surface area contributed by atoms with E-state index in [2.05, 4.69) is 22.0 Å². The molecule has 2 aromatic heterocycles. The van der Waals surface area contributed by atoms with Gasteiger partial charge in [-0.25, -0.2) is 4.98 Å². The SMILES string of the molecule is CCOC(C)(CC)c1nc(=S)cc(-c2cnn(C)c2)[nH]1. The lowest BCUT2D eigenvalue weighted by Gasteiger charge is -2.27. The van der Waals surface area contributed by atoms with Gasteiger partial charge in [0.25, 0.3) is 0 Å². The van der Waals surface area contributed by atoms with Crippen molar-refractivity contribution in [3.8, 4) is 11.3 Å². The van der Waals surface area contributed by atoms with E-state index >= 15 is 0 Å². The van der Waals surface area contributed by atoms with Gasteiger partial charge in [0, 0.05) is 25.4 Å². The number of H-pyrrole nitrogens is 1. The highest BCUT2D eigenvalue weighted by molar-refractivity contribution is 7.71. The van der Waals surface area contributed by atoms with Crippen LogP contribution in [-0.2, 0) is 17.4 Å². The Hall–Kier alpha value is -1.53. The summed E-state index contributed by atoms with van der Waals surface area (Å²) in [6.07, 6.45) is 4.55. The van der Waals surface area contributed by atoms with E-state index in [4.69, 9.17) is 17.0 Å². The molecule has 1 atom stereocenters. The van der Waals surface area contributed by atoms with Crippen LogP contribution in [0.5, 0.6) is 0 Å². The third-order valence-electron chi connectivity index (χ3n) is 3.40. The van der Waals surface area contributed by atoms with Crippen LogP contribution in [0.15, 0.2) is 18.5 Å². The molecule has 0 amide bonds. The fourth-order valence-electron chi connectivity index (χ4n) is 2.08. The van der Waals surface area contributed by atoms with Crippen LogP contribution in [0, 0.1) is 4.64 Å². The Kier molecular flexibility index (Phi) is 4.35. The summed E-state index contributed by atoms with van der Waals surface area (Å²) in [5.41, 5.74) is 1.44. The second-order valence-corrected chi connectivity index (χ2v) is 5.32. The van der Waals surface area contributed by atoms with E-state index in [1.807, 2.05) is 33.2 Å². The number of aryl methyl sites for hydroxylation is 1. The summed E-state index contributed by atoms with van der Waals surface area (Å²) in [5.74, 6) is 0.758. The summed E-state index contributed by atoms with van der Waals surface area (Å²) >= 11 is 5.28. The molecular formula is C14H20N4OS. The highest BCUT2D eigenvalue weighted by Gasteiger charge is 2.28. The summed E-state index contributed by atoms with van der Waals surface area (Å²) in [5, 5.41) is 4.18. The fraction of sp³-hybridized carbons (Fsp3) is 0.500. The number of aromatic nitrogens is 4. The molecular weight excluding hydrogens is 272 g/mol. The number of hydrogen-bond donors (Lipinski definition) is 1. The average molecular weight is 292 g/mol. The first-order valence-electron chi connectivity index (χ1n) is 6.73. The molecule has 108 valence electrons. The molecule has 0 aliphatic rings. The normalized spacial score (nSPS) is 14.2. The molecule has 1 unspecified atom stereocenters. The summed E-state index contributed by atoms with van der Waals surface area (Å²) in [6.45, 7) is 6.71. The van der Waals surface area contributed by atoms with Crippen molar-refractivity contribution in [2.75, 3.05) is 6.61 Å². The zero-order valence-corrected chi connectivity index (χ0v) is 13.1. The van der Waals surface area contributed by atoms with E-state index < -0.39 is 5.60 Å². The van der Waals surface area contributed by atoms with Gasteiger partial charge in [0.15, 0.2) is 0 Å². The van der Waals surface area contributed by atoms with Gasteiger partial charge in [-0.1, -0.05) is 19.1 Å². The Morgan fingerprint density at radius 3 is 2.75 bits per heavy atom. The second kappa shape index (κ2) is 5.85. The highest BCUT2D eigenvalue weighted by Crippen LogP contribution is 2.27. The fourth-order valence-corrected chi connectivity index (χ4v) is 2.29. The first-order valence-corrected chi connectivity index (χ1v) is 7.14. The standard InChI is InChI=1S/C14H20N4OS/c1-5-14(3,19-6-2)13-16-11(7-12(20)17-13)10-8-15-18(4)9-10/h7-9H,5-6H2,1-4H3,(H,16,17,20). The van der Waals surface area contributed by atoms with Crippen molar-refractivity contribution in [3.63, 3.8) is 0 Å². The van der Waals surface area contributed by atoms with Gasteiger partial charge >= 0.3 is 0 Å². The van der Waals surface area contributed by atoms with Crippen molar-refractivity contribution in [2.45, 2.75) is 32.8 Å². The summed E-state index contributed by atoms with van der Waals surface area (Å²) in [6, 6.07) is 1.85. The van der Waals surface area contributed by atoms with E-state index in [9.17, 15) is 0 Å². The third kappa shape index (κ3) is 2.96. The molecule has 0 fully saturated rings. The lowest BCUT2D eigenvalue weighted by molar-refractivity contribution is -0.0390. The Bertz CT molecular complexity index is 649. The third-order valence-corrected chi connectivity index (χ3v) is 3.61. The second-order valence-electron chi connectivity index (χ2n) is 4.90. The molecule has 0 radical (unpaired) electrons. The molecule has 0 aromatic carbocycles. The summed E-state index contributed by atoms with van der Waals surface area (Å²) in [4.78, 5) is 7.77. The predicted molar refractivity (Wildman–Crippen MR) is 80.9 cm³/mol. The number of rotatable bonds is 5. The highest BCUT2D eigenvalue weighted by atomic mass is 32.1. The van der Waals surface area contributed by atoms with Crippen LogP contribution in [0.25, 0.3) is 11.3 Å². The number of aromatic amines is 1. The van der Waals surface area contributed by atoms with Crippen molar-refractivity contribution in [1.29, 1.82) is 0 Å². The number of hydrogen-bond acceptors (Lipinski definition) is 4. The maximum atomic E-state index is 5.85. The molecule has 0 spiro atoms. The first kappa shape index (κ1) is 14.9. The number of nitrogens with zero attached hydrogens (tertiary/aromatic N) is 3. The molecule has 6 heteroatoms. The van der Waals surface area contributed by atoms with Crippen LogP contribution < -0.4 is 0 Å². The molecule has 0 saturated heterocycles. The van der Waals surface area contributed by atoms with Crippen LogP contribution in [0.4, 0.5) is 0 Å². The molecule has 2 heterocycles. The van der Waals surface area contributed by atoms with E-state index in [-0.39, 0.29) is 0 Å². The molecule has 0 saturated carbocycles. The first-order chi connectivity index (χ1) is 9.48. The monoisotopic (exact) mass is 292 g/mol. The molecule has 2 aromatic rings. The Morgan fingerprint density at radius 1 is 1.45 bits per heavy atom. The average Bonchev–Trinajstić information content (AvgIpc) is 2.85. The van der Waals surface area contributed by atoms with Crippen molar-refractivity contribution in [3.05, 3.63) is 28.9 Å². The minimum absolute atomic E-state index is 0.458. The lowest BCUT2D eigenvalue weighted by atomic mass is 10.0. The van der Waals surface area contributed by atoms with Crippen LogP contribution >= 0.6 is 12.2 Å². The Balaban J connectivity index is 2.51. The van der Waals surface area contributed by atoms with Crippen molar-refractivity contribution in [1.82, 2.24) is 19.7 Å². The molecule has 1 N–H and O–H groups in total. The van der Waals surface area contributed by atoms with Crippen LogP contribution in [0.2, 0.25) is 0 Å². The molecule has 0 aliphatic heterocycles. The smallest absolute Gasteiger partial charge is 0.140 e. The van der Waals surface area contributed by atoms with Crippen LogP contribution in [0.1, 0.15) is 33.0 Å². The molecule has 0 aliphatic carbocycles. The van der Waals surface area contributed by atoms with E-state index in [0.717, 1.165) is 23.5 Å². The largest absolute Gasteiger partial charge is 0.368 e. The topological polar surface area (TPSA) is 55.7 Å². The quantitative estimate of drug-likeness (QED) is 0.860. The minimum atomic E-state index is -0.458. The summed E-state index contributed by atoms with van der Waals surface area (Å²) < 4.78 is 8.17. The lowest BCUT2D eigenvalue weighted by Crippen LogP contribution is -2.28. The maximum Gasteiger partial charge on any atom is 0.140 e. The predicted octanol–water partition coefficient (Wildman–Crippen LogP) is 3.20. The van der Waals surface area contributed by atoms with Crippen molar-refractivity contribution in [2.24, 2.45) is 7.05 Å². The van der Waals surface area contributed by atoms with E-state index in [1.54, 1.807) is 10.9 Å². The number of ether oxygens (including phenoxy) is 1. The Morgan fingerprint density at radius 2 is 2.20 bits per heavy atom. The van der Waals surface area contributed by atoms with Crippen molar-refractivity contribution >= 4 is 12.2 Å². The summed E-state index contributed by atoms with van der Waals surface area (Å²) in [7, 11) is 1.89. The van der Waals surface area contributed by atoms with Gasteiger partial charge in [0.2, 0.25) is 0 Å². The maximum absolute atomic E-state index is 5.85. The molecule has 5 nitrogen and oxygen atoms in total. The molecule has 20 heavy (non-hydrogen) atoms. The number of nitrogens with one attached hydrogen (secondary N) is 1. The van der Waals surface area contributed by atoms with Gasteiger partial charge in [-0.05, 0) is 26.3 Å². The van der Waals surface area contributed by atoms with Gasteiger partial charge in [-0.2, -0.15) is 5.10 Å². The molecule has 0 bridgehead atoms.